The first-order valence-corrected chi connectivity index (χ1v) is 9.92. The van der Waals surface area contributed by atoms with E-state index in [1.807, 2.05) is 12.1 Å². The van der Waals surface area contributed by atoms with E-state index in [1.54, 1.807) is 18.2 Å². The van der Waals surface area contributed by atoms with Crippen LogP contribution in [0.4, 0.5) is 0 Å². The Morgan fingerprint density at radius 2 is 1.97 bits per heavy atom. The Morgan fingerprint density at radius 1 is 1.23 bits per heavy atom. The zero-order valence-corrected chi connectivity index (χ0v) is 17.3. The average molecular weight is 407 g/mol. The summed E-state index contributed by atoms with van der Waals surface area (Å²) in [5.74, 6) is 0.805. The predicted molar refractivity (Wildman–Crippen MR) is 116 cm³/mol. The van der Waals surface area contributed by atoms with Crippen molar-refractivity contribution in [1.82, 2.24) is 10.4 Å². The van der Waals surface area contributed by atoms with Gasteiger partial charge in [-0.25, -0.2) is 5.43 Å². The number of aromatic amines is 1. The number of hydrogen-bond acceptors (Lipinski definition) is 5. The molecule has 0 saturated heterocycles. The summed E-state index contributed by atoms with van der Waals surface area (Å²) in [7, 11) is 2.90. The summed E-state index contributed by atoms with van der Waals surface area (Å²) in [4.78, 5) is 16.1. The van der Waals surface area contributed by atoms with Gasteiger partial charge in [0.25, 0.3) is 5.91 Å². The molecule has 1 amide bonds. The highest BCUT2D eigenvalue weighted by Crippen LogP contribution is 2.36. The number of aromatic nitrogens is 1. The largest absolute Gasteiger partial charge is 0.502 e. The second kappa shape index (κ2) is 8.10. The van der Waals surface area contributed by atoms with Gasteiger partial charge in [-0.1, -0.05) is 6.92 Å². The van der Waals surface area contributed by atoms with E-state index >= 15 is 0 Å². The molecule has 1 aliphatic carbocycles. The third-order valence-corrected chi connectivity index (χ3v) is 5.58. The Bertz CT molecular complexity index is 1110. The number of H-pyrrole nitrogens is 1. The van der Waals surface area contributed by atoms with Gasteiger partial charge >= 0.3 is 0 Å². The number of methoxy groups -OCH3 is 2. The van der Waals surface area contributed by atoms with Crippen molar-refractivity contribution in [2.24, 2.45) is 11.0 Å². The van der Waals surface area contributed by atoms with E-state index in [2.05, 4.69) is 22.4 Å². The van der Waals surface area contributed by atoms with Crippen molar-refractivity contribution < 1.29 is 19.4 Å². The van der Waals surface area contributed by atoms with Gasteiger partial charge in [0.15, 0.2) is 11.5 Å². The molecule has 1 aliphatic rings. The van der Waals surface area contributed by atoms with E-state index in [1.165, 1.54) is 38.1 Å². The van der Waals surface area contributed by atoms with Crippen molar-refractivity contribution in [1.29, 1.82) is 0 Å². The maximum atomic E-state index is 12.6. The molecular formula is C23H25N3O4. The van der Waals surface area contributed by atoms with E-state index in [0.717, 1.165) is 23.7 Å². The van der Waals surface area contributed by atoms with Gasteiger partial charge in [-0.15, -0.1) is 0 Å². The van der Waals surface area contributed by atoms with Crippen molar-refractivity contribution in [3.05, 3.63) is 52.7 Å². The summed E-state index contributed by atoms with van der Waals surface area (Å²) in [6.45, 7) is 2.26. The SMILES string of the molecule is COc1cc(/C=N\NC(=O)c2ccc3[nH]c4c(c3c2)CC(C)CC4)cc(OC)c1O. The molecule has 156 valence electrons. The zero-order chi connectivity index (χ0) is 21.3. The summed E-state index contributed by atoms with van der Waals surface area (Å²) in [5, 5.41) is 15.1. The van der Waals surface area contributed by atoms with Crippen molar-refractivity contribution in [3.8, 4) is 17.2 Å². The second-order valence-corrected chi connectivity index (χ2v) is 7.66. The van der Waals surface area contributed by atoms with Crippen molar-refractivity contribution in [2.45, 2.75) is 26.2 Å². The molecule has 7 heteroatoms. The number of phenolic OH excluding ortho intramolecular Hbond substituents is 1. The highest BCUT2D eigenvalue weighted by Gasteiger charge is 2.20. The molecule has 0 radical (unpaired) electrons. The maximum absolute atomic E-state index is 12.6. The number of hydrogen-bond donors (Lipinski definition) is 3. The lowest BCUT2D eigenvalue weighted by Gasteiger charge is -2.18. The number of amides is 1. The predicted octanol–water partition coefficient (Wildman–Crippen LogP) is 3.78. The topological polar surface area (TPSA) is 95.9 Å². The Morgan fingerprint density at radius 3 is 2.67 bits per heavy atom. The number of hydrazone groups is 1. The minimum atomic E-state index is -0.287. The second-order valence-electron chi connectivity index (χ2n) is 7.66. The molecule has 0 bridgehead atoms. The Kier molecular flexibility index (Phi) is 5.35. The summed E-state index contributed by atoms with van der Waals surface area (Å²) in [6.07, 6.45) is 4.75. The lowest BCUT2D eigenvalue weighted by atomic mass is 9.87. The number of fused-ring (bicyclic) bond motifs is 3. The molecular weight excluding hydrogens is 382 g/mol. The Hall–Kier alpha value is -3.48. The van der Waals surface area contributed by atoms with Crippen LogP contribution in [0.25, 0.3) is 10.9 Å². The minimum Gasteiger partial charge on any atom is -0.502 e. The molecule has 2 aromatic carbocycles. The van der Waals surface area contributed by atoms with Gasteiger partial charge in [0.05, 0.1) is 20.4 Å². The van der Waals surface area contributed by atoms with Crippen LogP contribution in [0, 0.1) is 5.92 Å². The fraction of sp³-hybridized carbons (Fsp3) is 0.304. The molecule has 3 aromatic rings. The number of aryl methyl sites for hydroxylation is 1. The van der Waals surface area contributed by atoms with Crippen LogP contribution in [-0.4, -0.2) is 36.4 Å². The van der Waals surface area contributed by atoms with Crippen LogP contribution in [0.3, 0.4) is 0 Å². The summed E-state index contributed by atoms with van der Waals surface area (Å²) in [6, 6.07) is 8.89. The highest BCUT2D eigenvalue weighted by molar-refractivity contribution is 5.99. The fourth-order valence-corrected chi connectivity index (χ4v) is 3.95. The number of nitrogens with one attached hydrogen (secondary N) is 2. The van der Waals surface area contributed by atoms with Gasteiger partial charge < -0.3 is 19.6 Å². The molecule has 30 heavy (non-hydrogen) atoms. The molecule has 0 saturated carbocycles. The van der Waals surface area contributed by atoms with Crippen LogP contribution < -0.4 is 14.9 Å². The van der Waals surface area contributed by atoms with Crippen LogP contribution in [0.5, 0.6) is 17.2 Å². The maximum Gasteiger partial charge on any atom is 0.271 e. The molecule has 0 fully saturated rings. The fourth-order valence-electron chi connectivity index (χ4n) is 3.95. The van der Waals surface area contributed by atoms with Gasteiger partial charge in [0, 0.05) is 27.7 Å². The quantitative estimate of drug-likeness (QED) is 0.443. The van der Waals surface area contributed by atoms with Gasteiger partial charge in [-0.2, -0.15) is 5.10 Å². The number of carbonyl (C=O) groups excluding carboxylic acids is 1. The van der Waals surface area contributed by atoms with Crippen LogP contribution in [0.2, 0.25) is 0 Å². The lowest BCUT2D eigenvalue weighted by molar-refractivity contribution is 0.0955. The van der Waals surface area contributed by atoms with Crippen molar-refractivity contribution in [2.75, 3.05) is 14.2 Å². The normalized spacial score (nSPS) is 15.9. The minimum absolute atomic E-state index is 0.0846. The smallest absolute Gasteiger partial charge is 0.271 e. The number of aromatic hydroxyl groups is 1. The molecule has 0 aliphatic heterocycles. The molecule has 1 atom stereocenters. The van der Waals surface area contributed by atoms with Gasteiger partial charge in [0.2, 0.25) is 5.75 Å². The van der Waals surface area contributed by atoms with Crippen LogP contribution in [0.15, 0.2) is 35.4 Å². The van der Waals surface area contributed by atoms with Gasteiger partial charge in [0.1, 0.15) is 0 Å². The van der Waals surface area contributed by atoms with Gasteiger partial charge in [-0.3, -0.25) is 4.79 Å². The first-order chi connectivity index (χ1) is 14.5. The summed E-state index contributed by atoms with van der Waals surface area (Å²) < 4.78 is 10.3. The Labute approximate surface area is 174 Å². The number of rotatable bonds is 5. The monoisotopic (exact) mass is 407 g/mol. The highest BCUT2D eigenvalue weighted by atomic mass is 16.5. The molecule has 1 heterocycles. The standard InChI is InChI=1S/C23H25N3O4/c1-13-4-6-18-16(8-13)17-11-15(5-7-19(17)25-18)23(28)26-24-12-14-9-20(29-2)22(27)21(10-14)30-3/h5,7,9-13,25,27H,4,6,8H2,1-3H3,(H,26,28)/b24-12-. The van der Waals surface area contributed by atoms with Crippen molar-refractivity contribution in [3.63, 3.8) is 0 Å². The lowest BCUT2D eigenvalue weighted by Crippen LogP contribution is -2.17. The van der Waals surface area contributed by atoms with Crippen LogP contribution in [-0.2, 0) is 12.8 Å². The molecule has 4 rings (SSSR count). The molecule has 1 unspecified atom stereocenters. The van der Waals surface area contributed by atoms with Gasteiger partial charge in [-0.05, 0) is 61.1 Å². The number of nitrogens with zero attached hydrogens (tertiary/aromatic N) is 1. The Balaban J connectivity index is 1.53. The zero-order valence-electron chi connectivity index (χ0n) is 17.3. The van der Waals surface area contributed by atoms with E-state index in [4.69, 9.17) is 9.47 Å². The van der Waals surface area contributed by atoms with E-state index in [9.17, 15) is 9.90 Å². The number of phenols is 1. The third-order valence-electron chi connectivity index (χ3n) is 5.58. The third kappa shape index (κ3) is 3.70. The molecule has 1 aromatic heterocycles. The average Bonchev–Trinajstić information content (AvgIpc) is 3.11. The first-order valence-electron chi connectivity index (χ1n) is 9.92. The first kappa shape index (κ1) is 19.8. The summed E-state index contributed by atoms with van der Waals surface area (Å²) >= 11 is 0. The van der Waals surface area contributed by atoms with Crippen LogP contribution >= 0.6 is 0 Å². The molecule has 7 nitrogen and oxygen atoms in total. The molecule has 0 spiro atoms. The number of benzene rings is 2. The van der Waals surface area contributed by atoms with E-state index < -0.39 is 0 Å². The van der Waals surface area contributed by atoms with E-state index in [0.29, 0.717) is 17.0 Å². The molecule has 3 N–H and O–H groups in total. The van der Waals surface area contributed by atoms with Crippen molar-refractivity contribution >= 4 is 23.0 Å². The number of carbonyl (C=O) groups is 1. The number of ether oxygens (including phenoxy) is 2. The van der Waals surface area contributed by atoms with E-state index in [-0.39, 0.29) is 23.2 Å². The van der Waals surface area contributed by atoms with Crippen LogP contribution in [0.1, 0.15) is 40.5 Å². The summed E-state index contributed by atoms with van der Waals surface area (Å²) in [5.41, 5.74) is 7.41.